The second kappa shape index (κ2) is 29.8. The number of ether oxygens (including phenoxy) is 7. The molecule has 3 N–H and O–H groups in total. The molecular weight excluding hydrogens is 1360 g/mol. The Bertz CT molecular complexity index is 3660. The molecule has 15 fully saturated rings. The van der Waals surface area contributed by atoms with E-state index in [2.05, 4.69) is 57.5 Å². The van der Waals surface area contributed by atoms with Gasteiger partial charge in [0.15, 0.2) is 35.7 Å². The predicted molar refractivity (Wildman–Crippen MR) is 384 cm³/mol. The number of rotatable bonds is 16. The topological polar surface area (TPSA) is 241 Å². The van der Waals surface area contributed by atoms with Crippen LogP contribution in [0, 0.1) is 71.0 Å². The molecule has 3 amide bonds. The molecule has 12 saturated heterocycles. The van der Waals surface area contributed by atoms with Gasteiger partial charge in [0.1, 0.15) is 5.75 Å². The minimum atomic E-state index is -3.61. The molecule has 15 aliphatic rings. The van der Waals surface area contributed by atoms with Crippen LogP contribution >= 0.6 is 11.8 Å². The van der Waals surface area contributed by atoms with Gasteiger partial charge in [0.05, 0.1) is 35.2 Å². The number of hydrogen-bond donors (Lipinski definition) is 3. The van der Waals surface area contributed by atoms with E-state index in [1.165, 1.54) is 25.0 Å². The molecule has 21 nitrogen and oxygen atoms in total. The fraction of sp³-hybridized carbons (Fsp3) is 0.662. The minimum Gasteiger partial charge on any atom is -0.497 e. The van der Waals surface area contributed by atoms with Crippen LogP contribution in [0.3, 0.4) is 0 Å². The van der Waals surface area contributed by atoms with Gasteiger partial charge < -0.3 is 49.1 Å². The van der Waals surface area contributed by atoms with Crippen LogP contribution in [0.5, 0.6) is 5.75 Å². The fourth-order valence-electron chi connectivity index (χ4n) is 20.3. The van der Waals surface area contributed by atoms with Crippen molar-refractivity contribution in [1.82, 2.24) is 0 Å². The first-order valence-corrected chi connectivity index (χ1v) is 40.7. The summed E-state index contributed by atoms with van der Waals surface area (Å²) in [6.07, 6.45) is 15.4. The van der Waals surface area contributed by atoms with E-state index in [4.69, 9.17) is 62.5 Å². The Labute approximate surface area is 611 Å². The number of nitrogens with one attached hydrogen (secondary N) is 3. The average Bonchev–Trinajstić information content (AvgIpc) is 1.47. The Hall–Kier alpha value is -5.09. The van der Waals surface area contributed by atoms with Gasteiger partial charge in [0.25, 0.3) is 0 Å². The zero-order valence-corrected chi connectivity index (χ0v) is 63.2. The second-order valence-corrected chi connectivity index (χ2v) is 35.2. The van der Waals surface area contributed by atoms with Gasteiger partial charge in [-0.2, -0.15) is 0 Å². The zero-order chi connectivity index (χ0) is 72.4. The summed E-state index contributed by atoms with van der Waals surface area (Å²) in [6, 6.07) is 29.9. The van der Waals surface area contributed by atoms with Gasteiger partial charge in [-0.25, -0.2) is 37.7 Å². The normalized spacial score (nSPS) is 40.7. The number of amides is 3. The van der Waals surface area contributed by atoms with Gasteiger partial charge in [0, 0.05) is 84.3 Å². The Kier molecular flexibility index (Phi) is 21.6. The van der Waals surface area contributed by atoms with Crippen molar-refractivity contribution in [2.75, 3.05) is 29.3 Å². The SMILES string of the molecule is COc1cccc(NC(=O)CC[C@H]2O[C@@H]3O[C@@]4(C)CC[C@H]5[C@H](C)CC[C@@H]([C@H]2C)[C@@]35OO4)c1.CSc1cccc(NC(=O)CC[C@H]2O[C@@H]3O[C@@]4(C)CC[C@H]5[C@H](C)CC[C@@H]([C@H]2C)[C@@]35OO4)c1.C[C@H]1[C@@H](CCC(=O)Nc2ccc(S(=O)(=O)c3ccccc3)cc2)O[C@@H]2O[C@@]3(C)CC[C@H]4[C@H](C)CC[C@@H]1[C@@]24OO3. The lowest BCUT2D eigenvalue weighted by Crippen LogP contribution is -2.70. The van der Waals surface area contributed by atoms with E-state index in [-0.39, 0.29) is 81.8 Å². The molecule has 12 heterocycles. The van der Waals surface area contributed by atoms with Crippen LogP contribution in [0.2, 0.25) is 0 Å². The van der Waals surface area contributed by atoms with Crippen LogP contribution < -0.4 is 20.7 Å². The molecule has 3 saturated carbocycles. The Morgan fingerprint density at radius 3 is 1.22 bits per heavy atom. The number of hydrogen-bond acceptors (Lipinski definition) is 19. The van der Waals surface area contributed by atoms with Crippen molar-refractivity contribution in [2.24, 2.45) is 71.0 Å². The van der Waals surface area contributed by atoms with Crippen LogP contribution in [0.15, 0.2) is 118 Å². The van der Waals surface area contributed by atoms with Crippen molar-refractivity contribution in [2.45, 2.75) is 264 Å². The van der Waals surface area contributed by atoms with E-state index < -0.39 is 62.9 Å². The first-order chi connectivity index (χ1) is 49.3. The number of thioether (sulfide) groups is 1. The van der Waals surface area contributed by atoms with Gasteiger partial charge in [-0.15, -0.1) is 11.8 Å². The highest BCUT2D eigenvalue weighted by atomic mass is 32.2. The molecule has 3 aliphatic carbocycles. The first kappa shape index (κ1) is 74.8. The number of carbonyl (C=O) groups is 3. The molecule has 12 aliphatic heterocycles. The average molecular weight is 1460 g/mol. The van der Waals surface area contributed by atoms with Crippen molar-refractivity contribution < 1.29 is 85.3 Å². The summed E-state index contributed by atoms with van der Waals surface area (Å²) in [4.78, 5) is 76.0. The van der Waals surface area contributed by atoms with Gasteiger partial charge >= 0.3 is 0 Å². The number of carbonyl (C=O) groups excluding carboxylic acids is 3. The lowest BCUT2D eigenvalue weighted by molar-refractivity contribution is -0.571. The van der Waals surface area contributed by atoms with Crippen LogP contribution in [0.4, 0.5) is 17.1 Å². The Balaban J connectivity index is 0.000000132. The quantitative estimate of drug-likeness (QED) is 0.0697. The Morgan fingerprint density at radius 2 is 0.825 bits per heavy atom. The molecule has 4 aromatic carbocycles. The summed E-state index contributed by atoms with van der Waals surface area (Å²) >= 11 is 1.66. The fourth-order valence-corrected chi connectivity index (χ4v) is 22.0. The van der Waals surface area contributed by atoms with Crippen molar-refractivity contribution >= 4 is 56.4 Å². The molecule has 0 unspecified atom stereocenters. The summed E-state index contributed by atoms with van der Waals surface area (Å²) in [7, 11) is -1.99. The van der Waals surface area contributed by atoms with Crippen LogP contribution in [0.25, 0.3) is 0 Å². The van der Waals surface area contributed by atoms with Crippen molar-refractivity contribution in [3.8, 4) is 5.75 Å². The lowest BCUT2D eigenvalue weighted by atomic mass is 9.57. The van der Waals surface area contributed by atoms with Gasteiger partial charge in [-0.05, 0) is 224 Å². The minimum absolute atomic E-state index is 0.0179. The number of sulfone groups is 1. The lowest BCUT2D eigenvalue weighted by Gasteiger charge is -2.60. The number of fused-ring (bicyclic) bond motifs is 6. The van der Waals surface area contributed by atoms with E-state index in [1.807, 2.05) is 75.6 Å². The molecule has 0 aromatic heterocycles. The van der Waals surface area contributed by atoms with E-state index in [0.717, 1.165) is 86.2 Å². The Morgan fingerprint density at radius 1 is 0.447 bits per heavy atom. The summed E-state index contributed by atoms with van der Waals surface area (Å²) in [5.74, 6) is 2.36. The highest BCUT2D eigenvalue weighted by Gasteiger charge is 2.72. The third kappa shape index (κ3) is 14.3. The van der Waals surface area contributed by atoms with E-state index >= 15 is 0 Å². The monoisotopic (exact) mass is 1460 g/mol. The molecule has 6 bridgehead atoms. The number of anilines is 3. The smallest absolute Gasteiger partial charge is 0.224 e. The number of methoxy groups -OCH3 is 1. The third-order valence-corrected chi connectivity index (χ3v) is 28.6. The highest BCUT2D eigenvalue weighted by molar-refractivity contribution is 7.98. The summed E-state index contributed by atoms with van der Waals surface area (Å²) in [5, 5.41) is 8.90. The van der Waals surface area contributed by atoms with Crippen LogP contribution in [0.1, 0.15) is 178 Å². The summed E-state index contributed by atoms with van der Waals surface area (Å²) in [5.41, 5.74) is 0.434. The highest BCUT2D eigenvalue weighted by Crippen LogP contribution is 2.64. The van der Waals surface area contributed by atoms with E-state index in [1.54, 1.807) is 61.3 Å². The van der Waals surface area contributed by atoms with Crippen molar-refractivity contribution in [1.29, 1.82) is 0 Å². The molecular formula is C80H107N3O18S2. The molecule has 19 rings (SSSR count). The van der Waals surface area contributed by atoms with Gasteiger partial charge in [-0.3, -0.25) is 14.4 Å². The predicted octanol–water partition coefficient (Wildman–Crippen LogP) is 15.5. The molecule has 3 spiro atoms. The molecule has 24 atom stereocenters. The maximum atomic E-state index is 12.9. The number of benzene rings is 4. The summed E-state index contributed by atoms with van der Waals surface area (Å²) < 4.78 is 69.8. The zero-order valence-electron chi connectivity index (χ0n) is 61.6. The van der Waals surface area contributed by atoms with Crippen molar-refractivity contribution in [3.05, 3.63) is 103 Å². The van der Waals surface area contributed by atoms with E-state index in [9.17, 15) is 22.8 Å². The van der Waals surface area contributed by atoms with Crippen LogP contribution in [-0.2, 0) is 82.0 Å². The standard InChI is InChI=1S/C30H37NO7S.C25H35NO6.C25H35NO5S/c1-19-9-14-25-20(2)26(35-28-30(25)24(19)17-18-29(3,36-28)37-38-30)15-16-27(32)31-21-10-12-23(13-11-21)39(33,34)22-7-5-4-6-8-22;1-15-8-9-20-16(2)21(10-11-22(27)26-17-6-5-7-18(14-17)28-4)29-23-25(20)19(15)12-13-24(3,30-23)31-32-25;1-15-8-9-20-16(2)21(10-11-22(27)26-17-6-5-7-18(14-17)32-4)28-23-25(20)19(15)12-13-24(3,29-23)30-31-25/h4-8,10-13,19-20,24-26,28H,9,14-18H2,1-3H3,(H,31,32);2*5-7,14-16,19-21,23H,8-13H2,1-4H3,(H,26,27)/t19-,20-,24+,25+,26-,28-,29-,30-;2*15-,16-,19+,20+,21-,23-,24-,25-/m111/s1. The third-order valence-electron chi connectivity index (χ3n) is 26.1. The first-order valence-electron chi connectivity index (χ1n) is 38.0. The maximum absolute atomic E-state index is 12.9. The van der Waals surface area contributed by atoms with Crippen molar-refractivity contribution in [3.63, 3.8) is 0 Å². The van der Waals surface area contributed by atoms with Gasteiger partial charge in [-0.1, -0.05) is 71.9 Å². The molecule has 0 radical (unpaired) electrons. The molecule has 562 valence electrons. The summed E-state index contributed by atoms with van der Waals surface area (Å²) in [6.45, 7) is 19.4. The van der Waals surface area contributed by atoms with Gasteiger partial charge in [0.2, 0.25) is 44.9 Å². The second-order valence-electron chi connectivity index (χ2n) is 32.4. The largest absolute Gasteiger partial charge is 0.497 e. The molecule has 23 heteroatoms. The molecule has 103 heavy (non-hydrogen) atoms. The van der Waals surface area contributed by atoms with Crippen LogP contribution in [-0.4, -0.2) is 111 Å². The maximum Gasteiger partial charge on any atom is 0.224 e. The van der Waals surface area contributed by atoms with E-state index in [0.29, 0.717) is 79.2 Å². The molecule has 4 aromatic rings.